The van der Waals surface area contributed by atoms with Crippen LogP contribution in [0.5, 0.6) is 0 Å². The number of hydrogen-bond donors (Lipinski definition) is 2. The van der Waals surface area contributed by atoms with Gasteiger partial charge in [0.05, 0.1) is 23.7 Å². The third-order valence-corrected chi connectivity index (χ3v) is 6.99. The smallest absolute Gasteiger partial charge is 0.378 e. The SMILES string of the molecule is CN(C)S(=O)(=O)c1ccc(N2CCOCC2)c(C(=O)Nc2cccc(-c3noc(=O)[nH]3)c2)c1. The maximum atomic E-state index is 13.3. The highest BCUT2D eigenvalue weighted by Gasteiger charge is 2.24. The Kier molecular flexibility index (Phi) is 6.31. The molecule has 2 heterocycles. The number of carbonyl (C=O) groups is 1. The Labute approximate surface area is 190 Å². The predicted octanol–water partition coefficient (Wildman–Crippen LogP) is 1.37. The average molecular weight is 474 g/mol. The summed E-state index contributed by atoms with van der Waals surface area (Å²) in [4.78, 5) is 29.0. The molecule has 1 aliphatic rings. The van der Waals surface area contributed by atoms with Crippen LogP contribution in [0.15, 0.2) is 56.7 Å². The summed E-state index contributed by atoms with van der Waals surface area (Å²) >= 11 is 0. The zero-order valence-electron chi connectivity index (χ0n) is 18.1. The zero-order chi connectivity index (χ0) is 23.6. The molecule has 1 aliphatic heterocycles. The van der Waals surface area contributed by atoms with E-state index >= 15 is 0 Å². The Morgan fingerprint density at radius 1 is 1.15 bits per heavy atom. The monoisotopic (exact) mass is 473 g/mol. The number of H-pyrrole nitrogens is 1. The van der Waals surface area contributed by atoms with E-state index in [2.05, 4.69) is 20.0 Å². The van der Waals surface area contributed by atoms with Gasteiger partial charge in [-0.2, -0.15) is 0 Å². The van der Waals surface area contributed by atoms with Gasteiger partial charge in [0, 0.05) is 44.1 Å². The number of aromatic amines is 1. The highest BCUT2D eigenvalue weighted by Crippen LogP contribution is 2.28. The molecule has 0 bridgehead atoms. The molecule has 3 aromatic rings. The van der Waals surface area contributed by atoms with Crippen LogP contribution >= 0.6 is 0 Å². The summed E-state index contributed by atoms with van der Waals surface area (Å²) < 4.78 is 36.4. The molecule has 0 spiro atoms. The van der Waals surface area contributed by atoms with Gasteiger partial charge in [0.2, 0.25) is 10.0 Å². The van der Waals surface area contributed by atoms with Crippen molar-refractivity contribution in [2.45, 2.75) is 4.90 Å². The zero-order valence-corrected chi connectivity index (χ0v) is 18.9. The van der Waals surface area contributed by atoms with E-state index < -0.39 is 21.7 Å². The van der Waals surface area contributed by atoms with Gasteiger partial charge in [-0.1, -0.05) is 17.3 Å². The molecule has 0 aliphatic carbocycles. The predicted molar refractivity (Wildman–Crippen MR) is 121 cm³/mol. The second kappa shape index (κ2) is 9.17. The third kappa shape index (κ3) is 4.82. The van der Waals surface area contributed by atoms with Gasteiger partial charge in [0.25, 0.3) is 5.91 Å². The van der Waals surface area contributed by atoms with Gasteiger partial charge >= 0.3 is 5.76 Å². The van der Waals surface area contributed by atoms with Crippen molar-refractivity contribution in [2.24, 2.45) is 0 Å². The number of hydrogen-bond acceptors (Lipinski definition) is 8. The quantitative estimate of drug-likeness (QED) is 0.548. The van der Waals surface area contributed by atoms with E-state index in [1.54, 1.807) is 30.3 Å². The number of sulfonamides is 1. The van der Waals surface area contributed by atoms with Gasteiger partial charge in [-0.05, 0) is 30.3 Å². The number of amides is 1. The highest BCUT2D eigenvalue weighted by atomic mass is 32.2. The summed E-state index contributed by atoms with van der Waals surface area (Å²) in [5, 5.41) is 6.46. The van der Waals surface area contributed by atoms with E-state index in [0.29, 0.717) is 43.2 Å². The van der Waals surface area contributed by atoms with E-state index in [1.807, 2.05) is 4.90 Å². The Morgan fingerprint density at radius 2 is 1.91 bits per heavy atom. The number of carbonyl (C=O) groups excluding carboxylic acids is 1. The lowest BCUT2D eigenvalue weighted by molar-refractivity contribution is 0.102. The van der Waals surface area contributed by atoms with Crippen molar-refractivity contribution in [3.63, 3.8) is 0 Å². The first-order valence-electron chi connectivity index (χ1n) is 10.1. The van der Waals surface area contributed by atoms with E-state index in [-0.39, 0.29) is 16.3 Å². The fraction of sp³-hybridized carbons (Fsp3) is 0.286. The van der Waals surface area contributed by atoms with Crippen molar-refractivity contribution in [2.75, 3.05) is 50.6 Å². The molecule has 2 aromatic carbocycles. The summed E-state index contributed by atoms with van der Waals surface area (Å²) in [6.07, 6.45) is 0. The maximum absolute atomic E-state index is 13.3. The Balaban J connectivity index is 1.70. The Morgan fingerprint density at radius 3 is 2.58 bits per heavy atom. The number of anilines is 2. The van der Waals surface area contributed by atoms with Crippen LogP contribution < -0.4 is 16.0 Å². The van der Waals surface area contributed by atoms with Crippen molar-refractivity contribution in [1.82, 2.24) is 14.4 Å². The third-order valence-electron chi connectivity index (χ3n) is 5.18. The van der Waals surface area contributed by atoms with E-state index in [9.17, 15) is 18.0 Å². The van der Waals surface area contributed by atoms with Crippen molar-refractivity contribution in [3.8, 4) is 11.4 Å². The number of morpholine rings is 1. The fourth-order valence-electron chi connectivity index (χ4n) is 3.45. The molecule has 1 saturated heterocycles. The minimum absolute atomic E-state index is 0.0172. The molecule has 0 unspecified atom stereocenters. The first kappa shape index (κ1) is 22.7. The lowest BCUT2D eigenvalue weighted by atomic mass is 10.1. The fourth-order valence-corrected chi connectivity index (χ4v) is 4.37. The minimum Gasteiger partial charge on any atom is -0.378 e. The first-order chi connectivity index (χ1) is 15.8. The molecule has 0 atom stereocenters. The van der Waals surface area contributed by atoms with Gasteiger partial charge in [-0.15, -0.1) is 0 Å². The van der Waals surface area contributed by atoms with Gasteiger partial charge in [0.1, 0.15) is 0 Å². The highest BCUT2D eigenvalue weighted by molar-refractivity contribution is 7.89. The maximum Gasteiger partial charge on any atom is 0.439 e. The number of nitrogens with one attached hydrogen (secondary N) is 2. The molecule has 1 fully saturated rings. The number of nitrogens with zero attached hydrogens (tertiary/aromatic N) is 3. The van der Waals surface area contributed by atoms with Crippen molar-refractivity contribution in [1.29, 1.82) is 0 Å². The van der Waals surface area contributed by atoms with Gasteiger partial charge in [0.15, 0.2) is 5.82 Å². The second-order valence-electron chi connectivity index (χ2n) is 7.54. The van der Waals surface area contributed by atoms with Crippen molar-refractivity contribution < 1.29 is 22.5 Å². The van der Waals surface area contributed by atoms with Crippen LogP contribution in [0.25, 0.3) is 11.4 Å². The van der Waals surface area contributed by atoms with E-state index in [4.69, 9.17) is 4.74 Å². The van der Waals surface area contributed by atoms with Crippen LogP contribution in [0.3, 0.4) is 0 Å². The molecular weight excluding hydrogens is 450 g/mol. The normalized spacial score (nSPS) is 14.5. The van der Waals surface area contributed by atoms with Crippen LogP contribution in [0, 0.1) is 0 Å². The molecule has 0 saturated carbocycles. The number of ether oxygens (including phenoxy) is 1. The summed E-state index contributed by atoms with van der Waals surface area (Å²) in [7, 11) is -0.866. The van der Waals surface area contributed by atoms with Crippen LogP contribution in [-0.2, 0) is 14.8 Å². The second-order valence-corrected chi connectivity index (χ2v) is 9.70. The molecule has 33 heavy (non-hydrogen) atoms. The molecule has 4 rings (SSSR count). The van der Waals surface area contributed by atoms with E-state index in [0.717, 1.165) is 4.31 Å². The van der Waals surface area contributed by atoms with Crippen LogP contribution in [0.4, 0.5) is 11.4 Å². The van der Waals surface area contributed by atoms with Gasteiger partial charge < -0.3 is 15.0 Å². The lowest BCUT2D eigenvalue weighted by Gasteiger charge is -2.30. The molecule has 1 amide bonds. The lowest BCUT2D eigenvalue weighted by Crippen LogP contribution is -2.37. The minimum atomic E-state index is -3.74. The number of aromatic nitrogens is 2. The standard InChI is InChI=1S/C21H23N5O6S/c1-25(2)33(29,30)16-6-7-18(26-8-10-31-11-9-26)17(13-16)20(27)22-15-5-3-4-14(12-15)19-23-21(28)32-24-19/h3-7,12-13H,8-11H2,1-2H3,(H,22,27)(H,23,24,28). The number of benzene rings is 2. The topological polar surface area (TPSA) is 138 Å². The van der Waals surface area contributed by atoms with Crippen LogP contribution in [0.2, 0.25) is 0 Å². The molecular formula is C21H23N5O6S. The summed E-state index contributed by atoms with van der Waals surface area (Å²) in [6.45, 7) is 2.18. The van der Waals surface area contributed by atoms with Gasteiger partial charge in [-0.25, -0.2) is 17.5 Å². The Hall–Kier alpha value is -3.48. The average Bonchev–Trinajstić information content (AvgIpc) is 3.25. The molecule has 174 valence electrons. The molecule has 11 nitrogen and oxygen atoms in total. The Bertz CT molecular complexity index is 1320. The first-order valence-corrected chi connectivity index (χ1v) is 11.6. The van der Waals surface area contributed by atoms with Crippen LogP contribution in [0.1, 0.15) is 10.4 Å². The summed E-state index contributed by atoms with van der Waals surface area (Å²) in [5.41, 5.74) is 1.82. The van der Waals surface area contributed by atoms with Crippen molar-refractivity contribution >= 4 is 27.3 Å². The molecule has 0 radical (unpaired) electrons. The molecule has 1 aromatic heterocycles. The summed E-state index contributed by atoms with van der Waals surface area (Å²) in [6, 6.07) is 11.2. The number of rotatable bonds is 6. The largest absolute Gasteiger partial charge is 0.439 e. The summed E-state index contributed by atoms with van der Waals surface area (Å²) in [5.74, 6) is -0.934. The van der Waals surface area contributed by atoms with Crippen LogP contribution in [-0.4, -0.2) is 69.2 Å². The van der Waals surface area contributed by atoms with E-state index in [1.165, 1.54) is 26.2 Å². The van der Waals surface area contributed by atoms with Crippen molar-refractivity contribution in [3.05, 3.63) is 58.6 Å². The molecule has 2 N–H and O–H groups in total. The van der Waals surface area contributed by atoms with Gasteiger partial charge in [-0.3, -0.25) is 14.3 Å². The molecule has 12 heteroatoms.